The first-order valence-corrected chi connectivity index (χ1v) is 7.19. The lowest BCUT2D eigenvalue weighted by atomic mass is 9.89. The maximum absolute atomic E-state index is 12.7. The fourth-order valence-corrected chi connectivity index (χ4v) is 2.72. The van der Waals surface area contributed by atoms with E-state index in [1.54, 1.807) is 4.90 Å². The summed E-state index contributed by atoms with van der Waals surface area (Å²) < 4.78 is 0. The summed E-state index contributed by atoms with van der Waals surface area (Å²) in [4.78, 5) is 26.8. The van der Waals surface area contributed by atoms with Gasteiger partial charge in [0.25, 0.3) is 0 Å². The maximum Gasteiger partial charge on any atom is 0.246 e. The Kier molecular flexibility index (Phi) is 4.64. The van der Waals surface area contributed by atoms with E-state index in [0.717, 1.165) is 0 Å². The minimum absolute atomic E-state index is 0.0184. The van der Waals surface area contributed by atoms with Gasteiger partial charge in [0.05, 0.1) is 0 Å². The highest BCUT2D eigenvalue weighted by atomic mass is 16.2. The Morgan fingerprint density at radius 2 is 1.68 bits per heavy atom. The largest absolute Gasteiger partial charge is 0.342 e. The predicted molar refractivity (Wildman–Crippen MR) is 76.6 cm³/mol. The number of carbonyl (C=O) groups is 2. The number of nitrogens with zero attached hydrogens (tertiary/aromatic N) is 1. The van der Waals surface area contributed by atoms with Crippen LogP contribution in [0.15, 0.2) is 0 Å². The van der Waals surface area contributed by atoms with E-state index in [1.165, 1.54) is 0 Å². The molecule has 0 spiro atoms. The molecule has 0 aromatic heterocycles. The molecule has 0 aliphatic carbocycles. The van der Waals surface area contributed by atoms with Gasteiger partial charge >= 0.3 is 0 Å². The first-order valence-electron chi connectivity index (χ1n) is 7.19. The number of nitrogens with one attached hydrogen (secondary N) is 1. The second-order valence-corrected chi connectivity index (χ2v) is 7.26. The highest BCUT2D eigenvalue weighted by molar-refractivity contribution is 5.97. The predicted octanol–water partition coefficient (Wildman–Crippen LogP) is 2.18. The lowest BCUT2D eigenvalue weighted by Crippen LogP contribution is -2.69. The number of rotatable bonds is 3. The van der Waals surface area contributed by atoms with Gasteiger partial charge in [0.1, 0.15) is 12.1 Å². The Bertz CT molecular complexity index is 356. The highest BCUT2D eigenvalue weighted by Crippen LogP contribution is 2.27. The lowest BCUT2D eigenvalue weighted by molar-refractivity contribution is -0.157. The zero-order chi connectivity index (χ0) is 15.0. The zero-order valence-corrected chi connectivity index (χ0v) is 13.3. The molecule has 2 unspecified atom stereocenters. The van der Waals surface area contributed by atoms with E-state index in [1.807, 2.05) is 34.6 Å². The van der Waals surface area contributed by atoms with E-state index in [0.29, 0.717) is 12.3 Å². The normalized spacial score (nSPS) is 25.2. The van der Waals surface area contributed by atoms with Crippen LogP contribution in [0.25, 0.3) is 0 Å². The number of piperazine rings is 1. The van der Waals surface area contributed by atoms with Crippen LogP contribution in [-0.4, -0.2) is 34.3 Å². The van der Waals surface area contributed by atoms with Gasteiger partial charge in [-0.15, -0.1) is 0 Å². The zero-order valence-electron chi connectivity index (χ0n) is 13.3. The minimum atomic E-state index is -0.373. The van der Waals surface area contributed by atoms with Crippen molar-refractivity contribution in [3.63, 3.8) is 0 Å². The van der Waals surface area contributed by atoms with Gasteiger partial charge in [-0.05, 0) is 39.0 Å². The van der Waals surface area contributed by atoms with Gasteiger partial charge in [-0.1, -0.05) is 27.7 Å². The molecule has 1 saturated heterocycles. The molecule has 1 fully saturated rings. The number of hydrogen-bond donors (Lipinski definition) is 1. The van der Waals surface area contributed by atoms with Gasteiger partial charge < -0.3 is 10.2 Å². The van der Waals surface area contributed by atoms with Crippen molar-refractivity contribution < 1.29 is 9.59 Å². The minimum Gasteiger partial charge on any atom is -0.342 e. The molecule has 1 rings (SSSR count). The third-order valence-electron chi connectivity index (χ3n) is 3.46. The van der Waals surface area contributed by atoms with E-state index in [9.17, 15) is 9.59 Å². The summed E-state index contributed by atoms with van der Waals surface area (Å²) in [6, 6.07) is -0.738. The molecule has 2 amide bonds. The van der Waals surface area contributed by atoms with Crippen molar-refractivity contribution in [1.29, 1.82) is 0 Å². The van der Waals surface area contributed by atoms with Crippen LogP contribution in [0.4, 0.5) is 0 Å². The Hall–Kier alpha value is -1.06. The fourth-order valence-electron chi connectivity index (χ4n) is 2.72. The first-order chi connectivity index (χ1) is 8.55. The van der Waals surface area contributed by atoms with Crippen LogP contribution < -0.4 is 5.32 Å². The van der Waals surface area contributed by atoms with Crippen molar-refractivity contribution in [2.45, 2.75) is 72.5 Å². The molecule has 4 nitrogen and oxygen atoms in total. The summed E-state index contributed by atoms with van der Waals surface area (Å²) in [5, 5.41) is 2.90. The van der Waals surface area contributed by atoms with E-state index in [2.05, 4.69) is 19.2 Å². The molecule has 2 atom stereocenters. The summed E-state index contributed by atoms with van der Waals surface area (Å²) in [6.07, 6.45) is 0.696. The molecule has 110 valence electrons. The Morgan fingerprint density at radius 3 is 2.05 bits per heavy atom. The van der Waals surface area contributed by atoms with Gasteiger partial charge in [-0.3, -0.25) is 9.59 Å². The van der Waals surface area contributed by atoms with Crippen molar-refractivity contribution in [2.24, 2.45) is 11.8 Å². The third-order valence-corrected chi connectivity index (χ3v) is 3.46. The van der Waals surface area contributed by atoms with Gasteiger partial charge in [0, 0.05) is 5.54 Å². The monoisotopic (exact) mass is 268 g/mol. The average Bonchev–Trinajstić information content (AvgIpc) is 2.19. The van der Waals surface area contributed by atoms with Crippen LogP contribution >= 0.6 is 0 Å². The Labute approximate surface area is 116 Å². The molecular weight excluding hydrogens is 240 g/mol. The first kappa shape index (κ1) is 16.0. The Morgan fingerprint density at radius 1 is 1.16 bits per heavy atom. The van der Waals surface area contributed by atoms with Crippen LogP contribution in [0.2, 0.25) is 0 Å². The van der Waals surface area contributed by atoms with Crippen LogP contribution in [0.3, 0.4) is 0 Å². The van der Waals surface area contributed by atoms with Crippen molar-refractivity contribution in [1.82, 2.24) is 10.2 Å². The molecule has 4 heteroatoms. The quantitative estimate of drug-likeness (QED) is 0.853. The van der Waals surface area contributed by atoms with Gasteiger partial charge in [0.15, 0.2) is 0 Å². The SMILES string of the molecule is CC(C)CC1NC(=O)C(C(C)C)N(C(C)(C)C)C1=O. The van der Waals surface area contributed by atoms with Crippen LogP contribution in [0.1, 0.15) is 54.9 Å². The van der Waals surface area contributed by atoms with Crippen molar-refractivity contribution in [2.75, 3.05) is 0 Å². The molecule has 1 heterocycles. The topological polar surface area (TPSA) is 49.4 Å². The van der Waals surface area contributed by atoms with Gasteiger partial charge in [0.2, 0.25) is 11.8 Å². The number of hydrogen-bond acceptors (Lipinski definition) is 2. The molecular formula is C15H28N2O2. The highest BCUT2D eigenvalue weighted by Gasteiger charge is 2.46. The van der Waals surface area contributed by atoms with Crippen LogP contribution in [0.5, 0.6) is 0 Å². The van der Waals surface area contributed by atoms with Crippen LogP contribution in [-0.2, 0) is 9.59 Å². The molecule has 1 N–H and O–H groups in total. The lowest BCUT2D eigenvalue weighted by Gasteiger charge is -2.48. The summed E-state index contributed by atoms with van der Waals surface area (Å²) in [5.74, 6) is 0.532. The average molecular weight is 268 g/mol. The van der Waals surface area contributed by atoms with Crippen molar-refractivity contribution in [3.8, 4) is 0 Å². The smallest absolute Gasteiger partial charge is 0.246 e. The molecule has 0 bridgehead atoms. The number of carbonyl (C=O) groups excluding carboxylic acids is 2. The summed E-state index contributed by atoms with van der Waals surface area (Å²) >= 11 is 0. The van der Waals surface area contributed by atoms with E-state index in [-0.39, 0.29) is 35.4 Å². The van der Waals surface area contributed by atoms with E-state index in [4.69, 9.17) is 0 Å². The molecule has 0 radical (unpaired) electrons. The van der Waals surface area contributed by atoms with Gasteiger partial charge in [-0.25, -0.2) is 0 Å². The fraction of sp³-hybridized carbons (Fsp3) is 0.867. The second kappa shape index (κ2) is 5.51. The molecule has 0 saturated carbocycles. The molecule has 0 aromatic carbocycles. The summed E-state index contributed by atoms with van der Waals surface area (Å²) in [6.45, 7) is 14.1. The molecule has 0 aromatic rings. The standard InChI is InChI=1S/C15H28N2O2/c1-9(2)8-11-14(19)17(15(5,6)7)12(10(3)4)13(18)16-11/h9-12H,8H2,1-7H3,(H,16,18). The maximum atomic E-state index is 12.7. The van der Waals surface area contributed by atoms with Gasteiger partial charge in [-0.2, -0.15) is 0 Å². The van der Waals surface area contributed by atoms with Crippen molar-refractivity contribution >= 4 is 11.8 Å². The van der Waals surface area contributed by atoms with Crippen LogP contribution in [0, 0.1) is 11.8 Å². The summed E-state index contributed by atoms with van der Waals surface area (Å²) in [7, 11) is 0. The van der Waals surface area contributed by atoms with E-state index >= 15 is 0 Å². The van der Waals surface area contributed by atoms with Crippen molar-refractivity contribution in [3.05, 3.63) is 0 Å². The van der Waals surface area contributed by atoms with E-state index < -0.39 is 0 Å². The number of amides is 2. The molecule has 1 aliphatic heterocycles. The Balaban J connectivity index is 3.09. The third kappa shape index (κ3) is 3.48. The molecule has 1 aliphatic rings. The summed E-state index contributed by atoms with van der Waals surface area (Å²) in [5.41, 5.74) is -0.334. The second-order valence-electron chi connectivity index (χ2n) is 7.26. The molecule has 19 heavy (non-hydrogen) atoms.